The Kier molecular flexibility index (Phi) is 5.07. The molecule has 0 bridgehead atoms. The lowest BCUT2D eigenvalue weighted by Crippen LogP contribution is -3.10. The highest BCUT2D eigenvalue weighted by molar-refractivity contribution is 5.27. The van der Waals surface area contributed by atoms with E-state index in [2.05, 4.69) is 24.3 Å². The molecule has 4 rings (SSSR count). The molecule has 3 aromatic rings. The number of quaternary nitrogens is 1. The summed E-state index contributed by atoms with van der Waals surface area (Å²) in [5.74, 6) is 0.969. The van der Waals surface area contributed by atoms with E-state index >= 15 is 0 Å². The molecule has 0 radical (unpaired) electrons. The van der Waals surface area contributed by atoms with Crippen LogP contribution < -0.4 is 15.1 Å². The normalized spacial score (nSPS) is 16.0. The molecule has 1 aromatic heterocycles. The van der Waals surface area contributed by atoms with Gasteiger partial charge in [0, 0.05) is 18.1 Å². The molecule has 2 aromatic carbocycles. The molecule has 138 valence electrons. The van der Waals surface area contributed by atoms with Gasteiger partial charge in [-0.3, -0.25) is 4.79 Å². The van der Waals surface area contributed by atoms with Crippen LogP contribution in [-0.4, -0.2) is 6.54 Å². The van der Waals surface area contributed by atoms with Crippen molar-refractivity contribution in [2.45, 2.75) is 33.0 Å². The van der Waals surface area contributed by atoms with Gasteiger partial charge in [-0.2, -0.15) is 0 Å². The predicted molar refractivity (Wildman–Crippen MR) is 104 cm³/mol. The molecule has 1 N–H and O–H groups in total. The molecule has 0 fully saturated rings. The largest absolute Gasteiger partial charge is 0.482 e. The van der Waals surface area contributed by atoms with E-state index in [1.54, 1.807) is 6.07 Å². The first-order chi connectivity index (χ1) is 13.2. The Morgan fingerprint density at radius 1 is 1.07 bits per heavy atom. The highest BCUT2D eigenvalue weighted by Crippen LogP contribution is 2.12. The maximum atomic E-state index is 12.4. The first kappa shape index (κ1) is 17.6. The number of nitrogens with one attached hydrogen (secondary N) is 1. The summed E-state index contributed by atoms with van der Waals surface area (Å²) in [6.45, 7) is 5.12. The Balaban J connectivity index is 1.39. The molecule has 1 aliphatic rings. The average Bonchev–Trinajstić information content (AvgIpc) is 2.67. The van der Waals surface area contributed by atoms with Gasteiger partial charge in [0.1, 0.15) is 26.0 Å². The van der Waals surface area contributed by atoms with Crippen molar-refractivity contribution in [2.75, 3.05) is 6.54 Å². The molecule has 1 unspecified atom stereocenters. The van der Waals surface area contributed by atoms with Gasteiger partial charge in [0.25, 0.3) is 0 Å². The second-order valence-electron chi connectivity index (χ2n) is 7.22. The standard InChI is InChI=1S/C23H23NO3/c1-17-5-4-6-18(11-17)15-27-23-16-26-21(12-22(23)25)14-24-10-9-19-7-2-3-8-20(19)13-24/h2-8,11-12,16H,9-10,13-15H2,1H3/p+1. The van der Waals surface area contributed by atoms with Crippen LogP contribution in [0.5, 0.6) is 5.75 Å². The second kappa shape index (κ2) is 7.80. The third kappa shape index (κ3) is 4.29. The van der Waals surface area contributed by atoms with E-state index in [-0.39, 0.29) is 11.2 Å². The van der Waals surface area contributed by atoms with Gasteiger partial charge in [-0.1, -0.05) is 54.1 Å². The minimum absolute atomic E-state index is 0.124. The van der Waals surface area contributed by atoms with Crippen molar-refractivity contribution in [2.24, 2.45) is 0 Å². The van der Waals surface area contributed by atoms with E-state index in [1.165, 1.54) is 27.9 Å². The van der Waals surface area contributed by atoms with Crippen LogP contribution in [0.25, 0.3) is 0 Å². The number of rotatable bonds is 5. The Hall–Kier alpha value is -2.85. The fourth-order valence-electron chi connectivity index (χ4n) is 3.64. The Morgan fingerprint density at radius 3 is 2.74 bits per heavy atom. The highest BCUT2D eigenvalue weighted by atomic mass is 16.5. The van der Waals surface area contributed by atoms with Crippen LogP contribution in [-0.2, 0) is 26.1 Å². The van der Waals surface area contributed by atoms with Gasteiger partial charge in [-0.05, 0) is 18.1 Å². The predicted octanol–water partition coefficient (Wildman–Crippen LogP) is 2.67. The smallest absolute Gasteiger partial charge is 0.227 e. The van der Waals surface area contributed by atoms with Gasteiger partial charge in [0.15, 0.2) is 5.76 Å². The monoisotopic (exact) mass is 362 g/mol. The Labute approximate surface area is 159 Å². The van der Waals surface area contributed by atoms with E-state index in [9.17, 15) is 4.79 Å². The summed E-state index contributed by atoms with van der Waals surface area (Å²) < 4.78 is 11.4. The van der Waals surface area contributed by atoms with Crippen LogP contribution in [0.4, 0.5) is 0 Å². The Bertz CT molecular complexity index is 993. The molecule has 0 aliphatic carbocycles. The van der Waals surface area contributed by atoms with Crippen LogP contribution in [0.1, 0.15) is 28.0 Å². The minimum atomic E-state index is -0.124. The lowest BCUT2D eigenvalue weighted by molar-refractivity contribution is -0.930. The number of ether oxygens (including phenoxy) is 1. The van der Waals surface area contributed by atoms with Crippen molar-refractivity contribution in [1.82, 2.24) is 0 Å². The maximum Gasteiger partial charge on any atom is 0.227 e. The summed E-state index contributed by atoms with van der Waals surface area (Å²) in [6, 6.07) is 18.2. The average molecular weight is 362 g/mol. The van der Waals surface area contributed by atoms with E-state index in [1.807, 2.05) is 31.2 Å². The zero-order chi connectivity index (χ0) is 18.6. The van der Waals surface area contributed by atoms with Gasteiger partial charge in [-0.25, -0.2) is 0 Å². The molecule has 0 amide bonds. The fraction of sp³-hybridized carbons (Fsp3) is 0.261. The van der Waals surface area contributed by atoms with Crippen LogP contribution in [0.2, 0.25) is 0 Å². The summed E-state index contributed by atoms with van der Waals surface area (Å²) in [5, 5.41) is 0. The maximum absolute atomic E-state index is 12.4. The molecule has 4 nitrogen and oxygen atoms in total. The quantitative estimate of drug-likeness (QED) is 0.759. The fourth-order valence-corrected chi connectivity index (χ4v) is 3.64. The third-order valence-corrected chi connectivity index (χ3v) is 5.06. The summed E-state index contributed by atoms with van der Waals surface area (Å²) in [4.78, 5) is 13.8. The molecule has 4 heteroatoms. The third-order valence-electron chi connectivity index (χ3n) is 5.06. The molecule has 0 spiro atoms. The SMILES string of the molecule is Cc1cccc(COc2coc(C[NH+]3CCc4ccccc4C3)cc2=O)c1. The molecule has 2 heterocycles. The van der Waals surface area contributed by atoms with Crippen molar-refractivity contribution in [1.29, 1.82) is 0 Å². The summed E-state index contributed by atoms with van der Waals surface area (Å²) in [7, 11) is 0. The molecule has 1 aliphatic heterocycles. The van der Waals surface area contributed by atoms with Crippen LogP contribution in [0.3, 0.4) is 0 Å². The van der Waals surface area contributed by atoms with Crippen molar-refractivity contribution < 1.29 is 14.1 Å². The number of fused-ring (bicyclic) bond motifs is 1. The molecule has 0 saturated heterocycles. The molecular weight excluding hydrogens is 338 g/mol. The number of hydrogen-bond acceptors (Lipinski definition) is 3. The van der Waals surface area contributed by atoms with E-state index in [0.29, 0.717) is 18.9 Å². The van der Waals surface area contributed by atoms with E-state index in [0.717, 1.165) is 25.1 Å². The molecular formula is C23H24NO3+. The first-order valence-electron chi connectivity index (χ1n) is 9.38. The zero-order valence-corrected chi connectivity index (χ0v) is 15.5. The van der Waals surface area contributed by atoms with E-state index < -0.39 is 0 Å². The Morgan fingerprint density at radius 2 is 1.93 bits per heavy atom. The summed E-state index contributed by atoms with van der Waals surface area (Å²) in [6.07, 6.45) is 2.51. The van der Waals surface area contributed by atoms with Gasteiger partial charge in [-0.15, -0.1) is 0 Å². The van der Waals surface area contributed by atoms with Gasteiger partial charge < -0.3 is 14.1 Å². The van der Waals surface area contributed by atoms with Crippen LogP contribution in [0.15, 0.2) is 70.1 Å². The van der Waals surface area contributed by atoms with E-state index in [4.69, 9.17) is 9.15 Å². The van der Waals surface area contributed by atoms with Crippen molar-refractivity contribution in [3.05, 3.63) is 99.1 Å². The molecule has 1 atom stereocenters. The van der Waals surface area contributed by atoms with Gasteiger partial charge >= 0.3 is 0 Å². The van der Waals surface area contributed by atoms with Crippen LogP contribution >= 0.6 is 0 Å². The minimum Gasteiger partial charge on any atom is -0.482 e. The topological polar surface area (TPSA) is 43.9 Å². The lowest BCUT2D eigenvalue weighted by atomic mass is 10.00. The first-order valence-corrected chi connectivity index (χ1v) is 9.38. The number of benzene rings is 2. The van der Waals surface area contributed by atoms with Crippen LogP contribution in [0, 0.1) is 6.92 Å². The number of aryl methyl sites for hydroxylation is 1. The zero-order valence-electron chi connectivity index (χ0n) is 15.5. The van der Waals surface area contributed by atoms with Crippen molar-refractivity contribution in [3.63, 3.8) is 0 Å². The summed E-state index contributed by atoms with van der Waals surface area (Å²) >= 11 is 0. The van der Waals surface area contributed by atoms with Crippen molar-refractivity contribution in [3.8, 4) is 5.75 Å². The second-order valence-corrected chi connectivity index (χ2v) is 7.22. The molecule has 0 saturated carbocycles. The lowest BCUT2D eigenvalue weighted by Gasteiger charge is -2.25. The summed E-state index contributed by atoms with van der Waals surface area (Å²) in [5.41, 5.74) is 4.90. The van der Waals surface area contributed by atoms with Crippen molar-refractivity contribution >= 4 is 0 Å². The number of hydrogen-bond donors (Lipinski definition) is 1. The molecule has 27 heavy (non-hydrogen) atoms. The van der Waals surface area contributed by atoms with Gasteiger partial charge in [0.2, 0.25) is 11.2 Å². The van der Waals surface area contributed by atoms with Gasteiger partial charge in [0.05, 0.1) is 6.54 Å². The highest BCUT2D eigenvalue weighted by Gasteiger charge is 2.20.